The van der Waals surface area contributed by atoms with E-state index in [1.165, 1.54) is 17.3 Å². The van der Waals surface area contributed by atoms with Crippen molar-refractivity contribution in [2.75, 3.05) is 12.4 Å². The van der Waals surface area contributed by atoms with Gasteiger partial charge in [-0.2, -0.15) is 0 Å². The second kappa shape index (κ2) is 8.49. The number of aromatic nitrogens is 3. The normalized spacial score (nSPS) is 17.1. The summed E-state index contributed by atoms with van der Waals surface area (Å²) in [6.45, 7) is 3.36. The fourth-order valence-corrected chi connectivity index (χ4v) is 3.78. The van der Waals surface area contributed by atoms with Crippen molar-refractivity contribution in [3.8, 4) is 0 Å². The van der Waals surface area contributed by atoms with Crippen molar-refractivity contribution in [3.63, 3.8) is 0 Å². The second-order valence-corrected chi connectivity index (χ2v) is 7.16. The first kappa shape index (κ1) is 17.9. The molecule has 0 aliphatic carbocycles. The first-order valence-corrected chi connectivity index (χ1v) is 9.67. The third-order valence-corrected chi connectivity index (χ3v) is 5.26. The molecule has 1 fully saturated rings. The molecule has 2 heterocycles. The Bertz CT molecular complexity index is 761. The summed E-state index contributed by atoms with van der Waals surface area (Å²) < 4.78 is 7.15. The lowest BCUT2D eigenvalue weighted by Gasteiger charge is -2.10. The summed E-state index contributed by atoms with van der Waals surface area (Å²) >= 11 is 1.28. The van der Waals surface area contributed by atoms with Gasteiger partial charge < -0.3 is 4.74 Å². The molecule has 1 aliphatic heterocycles. The molecule has 2 aromatic rings. The molecule has 0 bridgehead atoms. The predicted molar refractivity (Wildman–Crippen MR) is 97.3 cm³/mol. The highest BCUT2D eigenvalue weighted by Crippen LogP contribution is 2.19. The number of Topliss-reactive ketones (excluding diaryl/α,β-unsaturated/α-hetero) is 1. The van der Waals surface area contributed by atoms with Gasteiger partial charge in [0.2, 0.25) is 0 Å². The van der Waals surface area contributed by atoms with Crippen LogP contribution in [0.5, 0.6) is 0 Å². The summed E-state index contributed by atoms with van der Waals surface area (Å²) in [7, 11) is 0. The van der Waals surface area contributed by atoms with E-state index >= 15 is 0 Å². The van der Waals surface area contributed by atoms with E-state index in [0.717, 1.165) is 32.3 Å². The number of ketones is 1. The van der Waals surface area contributed by atoms with Gasteiger partial charge in [0.25, 0.3) is 0 Å². The standard InChI is InChI=1S/C18H23N3O3S/c1-2-4-13-6-8-14(9-7-13)16(22)12-25-18-20-19-17(23)21(18)11-15-5-3-10-24-15/h6-9,15H,2-5,10-12H2,1H3,(H,19,23). The van der Waals surface area contributed by atoms with Crippen LogP contribution in [0.2, 0.25) is 0 Å². The largest absolute Gasteiger partial charge is 0.376 e. The molecule has 6 nitrogen and oxygen atoms in total. The topological polar surface area (TPSA) is 77.0 Å². The highest BCUT2D eigenvalue weighted by Gasteiger charge is 2.20. The summed E-state index contributed by atoms with van der Waals surface area (Å²) in [4.78, 5) is 24.3. The van der Waals surface area contributed by atoms with Crippen LogP contribution in [0.25, 0.3) is 0 Å². The van der Waals surface area contributed by atoms with Crippen LogP contribution >= 0.6 is 11.8 Å². The van der Waals surface area contributed by atoms with E-state index in [2.05, 4.69) is 17.1 Å². The summed E-state index contributed by atoms with van der Waals surface area (Å²) in [5, 5.41) is 7.05. The van der Waals surface area contributed by atoms with Crippen molar-refractivity contribution >= 4 is 17.5 Å². The van der Waals surface area contributed by atoms with Crippen LogP contribution in [-0.2, 0) is 17.7 Å². The number of ether oxygens (including phenoxy) is 1. The Morgan fingerprint density at radius 1 is 1.40 bits per heavy atom. The highest BCUT2D eigenvalue weighted by atomic mass is 32.2. The van der Waals surface area contributed by atoms with Crippen molar-refractivity contribution in [1.82, 2.24) is 14.8 Å². The Labute approximate surface area is 151 Å². The summed E-state index contributed by atoms with van der Waals surface area (Å²) in [6, 6.07) is 7.75. The number of carbonyl (C=O) groups excluding carboxylic acids is 1. The monoisotopic (exact) mass is 361 g/mol. The molecule has 0 radical (unpaired) electrons. The van der Waals surface area contributed by atoms with E-state index in [1.807, 2.05) is 24.3 Å². The lowest BCUT2D eigenvalue weighted by atomic mass is 10.1. The molecule has 7 heteroatoms. The number of H-pyrrole nitrogens is 1. The van der Waals surface area contributed by atoms with Crippen molar-refractivity contribution in [2.45, 2.75) is 50.4 Å². The molecule has 1 N–H and O–H groups in total. The van der Waals surface area contributed by atoms with Crippen LogP contribution < -0.4 is 5.69 Å². The molecule has 134 valence electrons. The van der Waals surface area contributed by atoms with Crippen LogP contribution in [0.4, 0.5) is 0 Å². The molecule has 1 aliphatic rings. The first-order valence-electron chi connectivity index (χ1n) is 8.69. The quantitative estimate of drug-likeness (QED) is 0.578. The summed E-state index contributed by atoms with van der Waals surface area (Å²) in [5.74, 6) is 0.287. The maximum Gasteiger partial charge on any atom is 0.344 e. The van der Waals surface area contributed by atoms with Gasteiger partial charge in [0.15, 0.2) is 10.9 Å². The fourth-order valence-electron chi connectivity index (χ4n) is 2.93. The van der Waals surface area contributed by atoms with E-state index in [0.29, 0.717) is 17.3 Å². The van der Waals surface area contributed by atoms with Crippen LogP contribution in [-0.4, -0.2) is 39.0 Å². The number of hydrogen-bond acceptors (Lipinski definition) is 5. The fraction of sp³-hybridized carbons (Fsp3) is 0.500. The highest BCUT2D eigenvalue weighted by molar-refractivity contribution is 7.99. The molecular weight excluding hydrogens is 338 g/mol. The minimum Gasteiger partial charge on any atom is -0.376 e. The van der Waals surface area contributed by atoms with Gasteiger partial charge in [0.05, 0.1) is 18.4 Å². The molecule has 1 saturated heterocycles. The average molecular weight is 361 g/mol. The second-order valence-electron chi connectivity index (χ2n) is 6.22. The van der Waals surface area contributed by atoms with Crippen LogP contribution in [0, 0.1) is 0 Å². The third kappa shape index (κ3) is 4.61. The Balaban J connectivity index is 1.61. The van der Waals surface area contributed by atoms with Gasteiger partial charge in [-0.1, -0.05) is 49.4 Å². The van der Waals surface area contributed by atoms with Crippen molar-refractivity contribution in [3.05, 3.63) is 45.9 Å². The zero-order chi connectivity index (χ0) is 17.6. The van der Waals surface area contributed by atoms with Gasteiger partial charge in [-0.25, -0.2) is 9.89 Å². The van der Waals surface area contributed by atoms with E-state index in [9.17, 15) is 9.59 Å². The molecule has 1 unspecified atom stereocenters. The van der Waals surface area contributed by atoms with Crippen molar-refractivity contribution in [1.29, 1.82) is 0 Å². The number of hydrogen-bond donors (Lipinski definition) is 1. The minimum atomic E-state index is -0.255. The Hall–Kier alpha value is -1.86. The lowest BCUT2D eigenvalue weighted by Crippen LogP contribution is -2.25. The SMILES string of the molecule is CCCc1ccc(C(=O)CSc2n[nH]c(=O)n2CC2CCCO2)cc1. The molecule has 0 saturated carbocycles. The molecule has 3 rings (SSSR count). The Morgan fingerprint density at radius 2 is 2.20 bits per heavy atom. The van der Waals surface area contributed by atoms with Crippen molar-refractivity contribution in [2.24, 2.45) is 0 Å². The number of nitrogens with zero attached hydrogens (tertiary/aromatic N) is 2. The first-order chi connectivity index (χ1) is 12.2. The van der Waals surface area contributed by atoms with Crippen molar-refractivity contribution < 1.29 is 9.53 Å². The van der Waals surface area contributed by atoms with Gasteiger partial charge in [-0.3, -0.25) is 9.36 Å². The number of rotatable bonds is 8. The van der Waals surface area contributed by atoms with E-state index < -0.39 is 0 Å². The Kier molecular flexibility index (Phi) is 6.09. The number of nitrogens with one attached hydrogen (secondary N) is 1. The minimum absolute atomic E-state index is 0.0344. The zero-order valence-electron chi connectivity index (χ0n) is 14.4. The van der Waals surface area contributed by atoms with Crippen LogP contribution in [0.3, 0.4) is 0 Å². The van der Waals surface area contributed by atoms with Gasteiger partial charge in [0, 0.05) is 12.2 Å². The van der Waals surface area contributed by atoms with Gasteiger partial charge >= 0.3 is 5.69 Å². The molecule has 1 atom stereocenters. The lowest BCUT2D eigenvalue weighted by molar-refractivity contribution is 0.0941. The predicted octanol–water partition coefficient (Wildman–Crippen LogP) is 2.68. The maximum atomic E-state index is 12.4. The number of thioether (sulfide) groups is 1. The number of benzene rings is 1. The van der Waals surface area contributed by atoms with E-state index in [1.54, 1.807) is 4.57 Å². The molecule has 1 aromatic carbocycles. The van der Waals surface area contributed by atoms with E-state index in [-0.39, 0.29) is 23.3 Å². The third-order valence-electron chi connectivity index (χ3n) is 4.28. The molecular formula is C18H23N3O3S. The van der Waals surface area contributed by atoms with Crippen LogP contribution in [0.1, 0.15) is 42.1 Å². The summed E-state index contributed by atoms with van der Waals surface area (Å²) in [6.07, 6.45) is 4.13. The Morgan fingerprint density at radius 3 is 2.88 bits per heavy atom. The average Bonchev–Trinajstić information content (AvgIpc) is 3.25. The maximum absolute atomic E-state index is 12.4. The number of aryl methyl sites for hydroxylation is 1. The molecule has 0 spiro atoms. The van der Waals surface area contributed by atoms with Gasteiger partial charge in [-0.05, 0) is 24.8 Å². The smallest absolute Gasteiger partial charge is 0.344 e. The molecule has 25 heavy (non-hydrogen) atoms. The molecule has 0 amide bonds. The van der Waals surface area contributed by atoms with Crippen LogP contribution in [0.15, 0.2) is 34.2 Å². The van der Waals surface area contributed by atoms with E-state index in [4.69, 9.17) is 4.74 Å². The molecule has 1 aromatic heterocycles. The van der Waals surface area contributed by atoms with Gasteiger partial charge in [-0.15, -0.1) is 5.10 Å². The summed E-state index contributed by atoms with van der Waals surface area (Å²) in [5.41, 5.74) is 1.68. The number of carbonyl (C=O) groups is 1. The number of aromatic amines is 1. The zero-order valence-corrected chi connectivity index (χ0v) is 15.2. The van der Waals surface area contributed by atoms with Gasteiger partial charge in [0.1, 0.15) is 0 Å².